The Morgan fingerprint density at radius 1 is 1.03 bits per heavy atom. The van der Waals surface area contributed by atoms with Crippen molar-refractivity contribution in [1.29, 1.82) is 0 Å². The highest BCUT2D eigenvalue weighted by atomic mass is 16.1. The van der Waals surface area contributed by atoms with Gasteiger partial charge in [0.2, 0.25) is 0 Å². The molecule has 7 heteroatoms. The van der Waals surface area contributed by atoms with Gasteiger partial charge in [-0.2, -0.15) is 0 Å². The number of hydrogen-bond acceptors (Lipinski definition) is 5. The van der Waals surface area contributed by atoms with Crippen molar-refractivity contribution in [2.24, 2.45) is 0 Å². The third-order valence-corrected chi connectivity index (χ3v) is 7.09. The lowest BCUT2D eigenvalue weighted by atomic mass is 9.96. The molecule has 1 amide bonds. The fraction of sp³-hybridized carbons (Fsp3) is 0.636. The molecule has 29 heavy (non-hydrogen) atoms. The van der Waals surface area contributed by atoms with Crippen molar-refractivity contribution in [2.75, 3.05) is 0 Å². The number of aromatic nitrogens is 4. The van der Waals surface area contributed by atoms with E-state index < -0.39 is 0 Å². The molecule has 1 aromatic heterocycles. The van der Waals surface area contributed by atoms with Crippen LogP contribution in [0.25, 0.3) is 0 Å². The van der Waals surface area contributed by atoms with Crippen LogP contribution in [0.15, 0.2) is 24.3 Å². The third kappa shape index (κ3) is 3.80. The van der Waals surface area contributed by atoms with Crippen molar-refractivity contribution < 1.29 is 4.79 Å². The largest absolute Gasteiger partial charge is 0.349 e. The van der Waals surface area contributed by atoms with Crippen molar-refractivity contribution >= 4 is 5.91 Å². The predicted octanol–water partition coefficient (Wildman–Crippen LogP) is 3.02. The van der Waals surface area contributed by atoms with E-state index in [4.69, 9.17) is 0 Å². The molecule has 3 aliphatic rings. The summed E-state index contributed by atoms with van der Waals surface area (Å²) in [7, 11) is 0. The summed E-state index contributed by atoms with van der Waals surface area (Å²) in [5.74, 6) is 1.06. The molecule has 2 aliphatic heterocycles. The van der Waals surface area contributed by atoms with Crippen LogP contribution in [-0.2, 0) is 6.54 Å². The first-order valence-corrected chi connectivity index (χ1v) is 11.1. The van der Waals surface area contributed by atoms with Crippen LogP contribution in [0.3, 0.4) is 0 Å². The van der Waals surface area contributed by atoms with Crippen LogP contribution in [0.5, 0.6) is 0 Å². The maximum Gasteiger partial charge on any atom is 0.251 e. The molecule has 3 heterocycles. The van der Waals surface area contributed by atoms with Crippen molar-refractivity contribution in [2.45, 2.75) is 89.0 Å². The zero-order valence-corrected chi connectivity index (χ0v) is 17.1. The Hall–Kier alpha value is -2.28. The van der Waals surface area contributed by atoms with Gasteiger partial charge >= 0.3 is 0 Å². The van der Waals surface area contributed by atoms with Crippen molar-refractivity contribution in [3.05, 3.63) is 41.2 Å². The van der Waals surface area contributed by atoms with E-state index in [9.17, 15) is 4.79 Å². The van der Waals surface area contributed by atoms with E-state index in [1.165, 1.54) is 44.1 Å². The second kappa shape index (κ2) is 7.86. The van der Waals surface area contributed by atoms with Crippen molar-refractivity contribution in [1.82, 2.24) is 30.4 Å². The van der Waals surface area contributed by atoms with E-state index >= 15 is 0 Å². The molecule has 5 rings (SSSR count). The molecule has 3 fully saturated rings. The van der Waals surface area contributed by atoms with Gasteiger partial charge in [-0.3, -0.25) is 9.69 Å². The van der Waals surface area contributed by atoms with Gasteiger partial charge < -0.3 is 5.32 Å². The number of hydrogen-bond donors (Lipinski definition) is 1. The summed E-state index contributed by atoms with van der Waals surface area (Å²) in [6.45, 7) is 2.87. The maximum absolute atomic E-state index is 12.6. The van der Waals surface area contributed by atoms with Gasteiger partial charge in [0, 0.05) is 23.7 Å². The first-order chi connectivity index (χ1) is 14.2. The van der Waals surface area contributed by atoms with E-state index in [0.717, 1.165) is 30.8 Å². The van der Waals surface area contributed by atoms with Gasteiger partial charge in [-0.15, -0.1) is 5.10 Å². The SMILES string of the molecule is Cc1ccc(C(=O)NC2CC3CCC(C2)N3Cc2nnnn2C2CCCC2)cc1. The predicted molar refractivity (Wildman–Crippen MR) is 109 cm³/mol. The Bertz CT molecular complexity index is 842. The van der Waals surface area contributed by atoms with E-state index in [2.05, 4.69) is 30.4 Å². The number of amides is 1. The standard InChI is InChI=1S/C22H30N6O/c1-15-6-8-16(9-7-15)22(29)23-17-12-19-10-11-20(13-17)27(19)14-21-24-25-26-28(21)18-4-2-3-5-18/h6-9,17-20H,2-5,10-14H2,1H3,(H,23,29). The molecular weight excluding hydrogens is 364 g/mol. The van der Waals surface area contributed by atoms with E-state index in [1.54, 1.807) is 0 Å². The molecule has 2 aromatic rings. The first-order valence-electron chi connectivity index (χ1n) is 11.1. The number of fused-ring (bicyclic) bond motifs is 2. The molecule has 1 N–H and O–H groups in total. The highest BCUT2D eigenvalue weighted by molar-refractivity contribution is 5.94. The van der Waals surface area contributed by atoms with Gasteiger partial charge in [-0.1, -0.05) is 30.5 Å². The van der Waals surface area contributed by atoms with Crippen LogP contribution in [0, 0.1) is 6.92 Å². The number of carbonyl (C=O) groups is 1. The number of carbonyl (C=O) groups excluding carboxylic acids is 1. The lowest BCUT2D eigenvalue weighted by Gasteiger charge is -2.39. The summed E-state index contributed by atoms with van der Waals surface area (Å²) in [6, 6.07) is 9.56. The molecule has 2 atom stereocenters. The Labute approximate surface area is 171 Å². The number of tetrazole rings is 1. The minimum absolute atomic E-state index is 0.0491. The summed E-state index contributed by atoms with van der Waals surface area (Å²) in [4.78, 5) is 15.2. The fourth-order valence-corrected chi connectivity index (χ4v) is 5.54. The molecule has 2 saturated heterocycles. The second-order valence-corrected chi connectivity index (χ2v) is 9.04. The van der Waals surface area contributed by atoms with Gasteiger partial charge in [0.15, 0.2) is 5.82 Å². The topological polar surface area (TPSA) is 75.9 Å². The summed E-state index contributed by atoms with van der Waals surface area (Å²) in [5.41, 5.74) is 1.92. The van der Waals surface area contributed by atoms with Crippen LogP contribution in [0.1, 0.15) is 79.2 Å². The quantitative estimate of drug-likeness (QED) is 0.844. The van der Waals surface area contributed by atoms with Crippen LogP contribution in [0.4, 0.5) is 0 Å². The molecule has 2 unspecified atom stereocenters. The zero-order chi connectivity index (χ0) is 19.8. The molecule has 1 aliphatic carbocycles. The van der Waals surface area contributed by atoms with Gasteiger partial charge in [0.25, 0.3) is 5.91 Å². The lowest BCUT2D eigenvalue weighted by Crippen LogP contribution is -2.50. The zero-order valence-electron chi connectivity index (χ0n) is 17.1. The maximum atomic E-state index is 12.6. The van der Waals surface area contributed by atoms with Gasteiger partial charge in [-0.05, 0) is 68.0 Å². The van der Waals surface area contributed by atoms with Crippen LogP contribution < -0.4 is 5.32 Å². The minimum atomic E-state index is 0.0491. The summed E-state index contributed by atoms with van der Waals surface area (Å²) in [5, 5.41) is 15.9. The third-order valence-electron chi connectivity index (χ3n) is 7.09. The average Bonchev–Trinajstić information content (AvgIpc) is 3.44. The molecule has 1 aromatic carbocycles. The minimum Gasteiger partial charge on any atom is -0.349 e. The van der Waals surface area contributed by atoms with Crippen molar-refractivity contribution in [3.8, 4) is 0 Å². The number of benzene rings is 1. The molecule has 7 nitrogen and oxygen atoms in total. The van der Waals surface area contributed by atoms with Crippen LogP contribution in [-0.4, -0.2) is 49.1 Å². The smallest absolute Gasteiger partial charge is 0.251 e. The average molecular weight is 395 g/mol. The van der Waals surface area contributed by atoms with Crippen molar-refractivity contribution in [3.63, 3.8) is 0 Å². The number of nitrogens with zero attached hydrogens (tertiary/aromatic N) is 5. The summed E-state index contributed by atoms with van der Waals surface area (Å²) < 4.78 is 2.08. The normalized spacial score (nSPS) is 27.4. The fourth-order valence-electron chi connectivity index (χ4n) is 5.54. The van der Waals surface area contributed by atoms with E-state index in [0.29, 0.717) is 18.1 Å². The molecule has 2 bridgehead atoms. The van der Waals surface area contributed by atoms with E-state index in [1.807, 2.05) is 31.2 Å². The van der Waals surface area contributed by atoms with Crippen LogP contribution in [0.2, 0.25) is 0 Å². The molecule has 0 radical (unpaired) electrons. The van der Waals surface area contributed by atoms with E-state index in [-0.39, 0.29) is 11.9 Å². The number of aryl methyl sites for hydroxylation is 1. The lowest BCUT2D eigenvalue weighted by molar-refractivity contribution is 0.0813. The Balaban J connectivity index is 1.22. The Morgan fingerprint density at radius 2 is 1.72 bits per heavy atom. The number of rotatable bonds is 5. The Kier molecular flexibility index (Phi) is 5.08. The van der Waals surface area contributed by atoms with Crippen LogP contribution >= 0.6 is 0 Å². The van der Waals surface area contributed by atoms with Gasteiger partial charge in [-0.25, -0.2) is 4.68 Å². The number of nitrogens with one attached hydrogen (secondary N) is 1. The second-order valence-electron chi connectivity index (χ2n) is 9.04. The summed E-state index contributed by atoms with van der Waals surface area (Å²) in [6.07, 6.45) is 9.37. The van der Waals surface area contributed by atoms with Gasteiger partial charge in [0.05, 0.1) is 12.6 Å². The molecule has 154 valence electrons. The molecule has 1 saturated carbocycles. The van der Waals surface area contributed by atoms with Gasteiger partial charge in [0.1, 0.15) is 0 Å². The first kappa shape index (κ1) is 18.7. The highest BCUT2D eigenvalue weighted by Gasteiger charge is 2.42. The Morgan fingerprint density at radius 3 is 2.41 bits per heavy atom. The monoisotopic (exact) mass is 394 g/mol. The molecular formula is C22H30N6O. The highest BCUT2D eigenvalue weighted by Crippen LogP contribution is 2.37. The number of piperidine rings is 1. The summed E-state index contributed by atoms with van der Waals surface area (Å²) >= 11 is 0. The molecule has 0 spiro atoms.